The van der Waals surface area contributed by atoms with Crippen molar-refractivity contribution in [3.63, 3.8) is 0 Å². The van der Waals surface area contributed by atoms with Crippen LogP contribution in [-0.2, 0) is 15.6 Å². The lowest BCUT2D eigenvalue weighted by Gasteiger charge is -2.44. The number of amides is 2. The molecule has 0 radical (unpaired) electrons. The predicted octanol–water partition coefficient (Wildman–Crippen LogP) is 7.22. The van der Waals surface area contributed by atoms with Gasteiger partial charge >= 0.3 is 6.09 Å². The highest BCUT2D eigenvalue weighted by molar-refractivity contribution is 9.09. The highest BCUT2D eigenvalue weighted by Gasteiger charge is 2.51. The van der Waals surface area contributed by atoms with Gasteiger partial charge in [0.2, 0.25) is 0 Å². The van der Waals surface area contributed by atoms with Crippen LogP contribution in [0.3, 0.4) is 0 Å². The van der Waals surface area contributed by atoms with Crippen molar-refractivity contribution in [2.45, 2.75) is 70.9 Å². The fraction of sp³-hybridized carbons (Fsp3) is 0.467. The maximum Gasteiger partial charge on any atom is 0.416 e. The van der Waals surface area contributed by atoms with Crippen molar-refractivity contribution in [3.05, 3.63) is 65.7 Å². The van der Waals surface area contributed by atoms with Gasteiger partial charge in [-0.15, -0.1) is 0 Å². The molecule has 0 aliphatic carbocycles. The first-order valence-corrected chi connectivity index (χ1v) is 17.4. The maximum absolute atomic E-state index is 14.3. The van der Waals surface area contributed by atoms with Gasteiger partial charge in [-0.3, -0.25) is 4.79 Å². The molecule has 39 heavy (non-hydrogen) atoms. The number of alkyl halides is 1. The molecule has 2 aromatic carbocycles. The molecule has 2 amide bonds. The number of para-hydroxylation sites is 1. The number of hydrogen-bond acceptors (Lipinski definition) is 5. The Morgan fingerprint density at radius 1 is 1.21 bits per heavy atom. The van der Waals surface area contributed by atoms with E-state index in [-0.39, 0.29) is 17.6 Å². The topological polar surface area (TPSA) is 68.3 Å². The number of hydrogen-bond donors (Lipinski definition) is 0. The second-order valence-corrected chi connectivity index (χ2v) is 17.2. The third-order valence-electron chi connectivity index (χ3n) is 7.88. The summed E-state index contributed by atoms with van der Waals surface area (Å²) in [6, 6.07) is 11.1. The molecule has 0 spiro atoms. The fourth-order valence-electron chi connectivity index (χ4n) is 4.79. The molecule has 2 aliphatic heterocycles. The molecule has 1 unspecified atom stereocenters. The van der Waals surface area contributed by atoms with Crippen LogP contribution in [0.2, 0.25) is 18.1 Å². The van der Waals surface area contributed by atoms with Gasteiger partial charge in [0, 0.05) is 17.1 Å². The van der Waals surface area contributed by atoms with Crippen LogP contribution in [0.4, 0.5) is 16.2 Å². The van der Waals surface area contributed by atoms with E-state index >= 15 is 0 Å². The molecule has 2 heterocycles. The summed E-state index contributed by atoms with van der Waals surface area (Å²) in [5.41, 5.74) is 3.57. The fourth-order valence-corrected chi connectivity index (χ4v) is 6.24. The minimum Gasteiger partial charge on any atom is -0.493 e. The third-order valence-corrected chi connectivity index (χ3v) is 12.9. The van der Waals surface area contributed by atoms with Crippen LogP contribution in [0.15, 0.2) is 49.1 Å². The van der Waals surface area contributed by atoms with E-state index in [9.17, 15) is 9.59 Å². The van der Waals surface area contributed by atoms with E-state index in [1.54, 1.807) is 11.0 Å². The van der Waals surface area contributed by atoms with Gasteiger partial charge in [0.1, 0.15) is 12.4 Å². The Kier molecular flexibility index (Phi) is 8.63. The molecule has 9 heteroatoms. The van der Waals surface area contributed by atoms with E-state index < -0.39 is 26.7 Å². The molecule has 0 bridgehead atoms. The largest absolute Gasteiger partial charge is 0.493 e. The summed E-state index contributed by atoms with van der Waals surface area (Å²) in [4.78, 5) is 31.6. The molecule has 0 saturated carbocycles. The second-order valence-electron chi connectivity index (χ2n) is 11.6. The van der Waals surface area contributed by atoms with Crippen molar-refractivity contribution in [2.75, 3.05) is 28.3 Å². The van der Waals surface area contributed by atoms with Gasteiger partial charge < -0.3 is 18.8 Å². The van der Waals surface area contributed by atoms with Gasteiger partial charge in [-0.1, -0.05) is 67.6 Å². The maximum atomic E-state index is 14.3. The minimum atomic E-state index is -2.43. The molecule has 0 fully saturated rings. The van der Waals surface area contributed by atoms with Crippen LogP contribution in [0.5, 0.6) is 5.75 Å². The van der Waals surface area contributed by atoms with Gasteiger partial charge in [-0.2, -0.15) is 0 Å². The van der Waals surface area contributed by atoms with Gasteiger partial charge in [0.15, 0.2) is 14.5 Å². The number of halogens is 1. The first-order valence-electron chi connectivity index (χ1n) is 13.4. The van der Waals surface area contributed by atoms with Crippen molar-refractivity contribution < 1.29 is 23.5 Å². The van der Waals surface area contributed by atoms with E-state index in [1.807, 2.05) is 42.2 Å². The molecule has 7 nitrogen and oxygen atoms in total. The smallest absolute Gasteiger partial charge is 0.416 e. The monoisotopic (exact) mass is 614 g/mol. The van der Waals surface area contributed by atoms with Gasteiger partial charge in [0.25, 0.3) is 5.91 Å². The lowest BCUT2D eigenvalue weighted by Crippen LogP contribution is -2.59. The Balaban J connectivity index is 1.95. The Morgan fingerprint density at radius 2 is 1.92 bits per heavy atom. The molecule has 210 valence electrons. The Labute approximate surface area is 241 Å². The van der Waals surface area contributed by atoms with Crippen LogP contribution in [0.25, 0.3) is 0 Å². The summed E-state index contributed by atoms with van der Waals surface area (Å²) in [5.74, 6) is 0.454. The normalized spacial score (nSPS) is 18.7. The Hall–Kier alpha value is -2.62. The average molecular weight is 616 g/mol. The standard InChI is InChI=1S/C30H39BrN2O5Si/c1-8-15-37-29(35)33-24-19-26(36-16-11-14-31)20(2)17-22(24)27(34)32-23-13-10-9-12-21(23)18-25(32)28(33)38-39(6,7)30(3,4)5/h8-10,12-13,17,19,25,28H,1,11,14-16,18H2,2-7H3/t25-,28?/m0/s1. The highest BCUT2D eigenvalue weighted by Crippen LogP contribution is 2.46. The zero-order chi connectivity index (χ0) is 28.5. The number of fused-ring (bicyclic) bond motifs is 4. The summed E-state index contributed by atoms with van der Waals surface area (Å²) in [7, 11) is -2.43. The molecular formula is C30H39BrN2O5Si. The molecule has 2 aromatic rings. The van der Waals surface area contributed by atoms with Gasteiger partial charge in [-0.25, -0.2) is 9.69 Å². The minimum absolute atomic E-state index is 0.0422. The van der Waals surface area contributed by atoms with E-state index in [2.05, 4.69) is 56.4 Å². The summed E-state index contributed by atoms with van der Waals surface area (Å²) in [5, 5.41) is 0.685. The molecular weight excluding hydrogens is 576 g/mol. The van der Waals surface area contributed by atoms with Gasteiger partial charge in [0.05, 0.1) is 23.9 Å². The van der Waals surface area contributed by atoms with E-state index in [1.165, 1.54) is 6.08 Å². The van der Waals surface area contributed by atoms with E-state index in [4.69, 9.17) is 13.9 Å². The molecule has 0 N–H and O–H groups in total. The number of ether oxygens (including phenoxy) is 2. The van der Waals surface area contributed by atoms with Crippen molar-refractivity contribution in [2.24, 2.45) is 0 Å². The average Bonchev–Trinajstić information content (AvgIpc) is 3.23. The first kappa shape index (κ1) is 29.4. The number of benzene rings is 2. The number of carbonyl (C=O) groups excluding carboxylic acids is 2. The van der Waals surface area contributed by atoms with Crippen molar-refractivity contribution in [1.29, 1.82) is 0 Å². The van der Waals surface area contributed by atoms with E-state index in [0.29, 0.717) is 30.0 Å². The SMILES string of the molecule is C=CCOC(=O)N1c2cc(OCCCBr)c(C)cc2C(=O)N2c3ccccc3C[C@H]2C1O[Si](C)(C)C(C)(C)C. The third kappa shape index (κ3) is 5.67. The Bertz CT molecular complexity index is 1260. The zero-order valence-corrected chi connectivity index (χ0v) is 26.3. The van der Waals surface area contributed by atoms with E-state index in [0.717, 1.165) is 28.6 Å². The highest BCUT2D eigenvalue weighted by atomic mass is 79.9. The zero-order valence-electron chi connectivity index (χ0n) is 23.8. The second kappa shape index (κ2) is 11.5. The lowest BCUT2D eigenvalue weighted by atomic mass is 10.1. The number of nitrogens with zero attached hydrogens (tertiary/aromatic N) is 2. The number of anilines is 2. The molecule has 4 rings (SSSR count). The molecule has 0 aromatic heterocycles. The van der Waals surface area contributed by atoms with Crippen molar-refractivity contribution in [3.8, 4) is 5.75 Å². The summed E-state index contributed by atoms with van der Waals surface area (Å²) < 4.78 is 18.8. The summed E-state index contributed by atoms with van der Waals surface area (Å²) in [6.45, 7) is 17.0. The van der Waals surface area contributed by atoms with Crippen molar-refractivity contribution in [1.82, 2.24) is 0 Å². The van der Waals surface area contributed by atoms with Crippen LogP contribution in [0.1, 0.15) is 48.7 Å². The molecule has 2 aliphatic rings. The molecule has 0 saturated heterocycles. The quantitative estimate of drug-likeness (QED) is 0.136. The van der Waals surface area contributed by atoms with Crippen LogP contribution < -0.4 is 14.5 Å². The number of rotatable bonds is 8. The number of aryl methyl sites for hydroxylation is 1. The predicted molar refractivity (Wildman–Crippen MR) is 162 cm³/mol. The van der Waals surface area contributed by atoms with Crippen molar-refractivity contribution >= 4 is 47.6 Å². The first-order chi connectivity index (χ1) is 18.4. The number of carbonyl (C=O) groups is 2. The van der Waals surface area contributed by atoms with Gasteiger partial charge in [-0.05, 0) is 61.2 Å². The van der Waals surface area contributed by atoms with Crippen LogP contribution in [0, 0.1) is 6.92 Å². The molecule has 2 atom stereocenters. The summed E-state index contributed by atoms with van der Waals surface area (Å²) >= 11 is 3.44. The summed E-state index contributed by atoms with van der Waals surface area (Å²) in [6.07, 6.45) is 1.57. The van der Waals surface area contributed by atoms with Crippen LogP contribution >= 0.6 is 15.9 Å². The lowest BCUT2D eigenvalue weighted by molar-refractivity contribution is 0.0929. The Morgan fingerprint density at radius 3 is 2.59 bits per heavy atom. The van der Waals surface area contributed by atoms with Crippen LogP contribution in [-0.4, -0.2) is 51.1 Å².